The molecule has 152 valence electrons. The average Bonchev–Trinajstić information content (AvgIpc) is 3.22. The van der Waals surface area contributed by atoms with Crippen LogP contribution in [0.4, 0.5) is 0 Å². The van der Waals surface area contributed by atoms with Crippen LogP contribution >= 0.6 is 0 Å². The van der Waals surface area contributed by atoms with E-state index in [9.17, 15) is 8.42 Å². The highest BCUT2D eigenvalue weighted by Gasteiger charge is 2.25. The van der Waals surface area contributed by atoms with E-state index in [1.807, 2.05) is 31.2 Å². The van der Waals surface area contributed by atoms with Gasteiger partial charge in [-0.15, -0.1) is 0 Å². The molecule has 1 aliphatic heterocycles. The van der Waals surface area contributed by atoms with Gasteiger partial charge in [-0.25, -0.2) is 8.42 Å². The van der Waals surface area contributed by atoms with E-state index >= 15 is 0 Å². The number of piperidine rings is 1. The van der Waals surface area contributed by atoms with Crippen molar-refractivity contribution < 1.29 is 17.7 Å². The molecule has 2 heterocycles. The van der Waals surface area contributed by atoms with E-state index in [2.05, 4.69) is 10.1 Å². The molecule has 7 nitrogen and oxygen atoms in total. The highest BCUT2D eigenvalue weighted by Crippen LogP contribution is 2.23. The zero-order chi connectivity index (χ0) is 20.3. The second-order valence-electron chi connectivity index (χ2n) is 7.11. The smallest absolute Gasteiger partial charge is 0.264 e. The van der Waals surface area contributed by atoms with Gasteiger partial charge in [0.2, 0.25) is 15.8 Å². The molecule has 0 N–H and O–H groups in total. The molecule has 0 bridgehead atoms. The Labute approximate surface area is 170 Å². The van der Waals surface area contributed by atoms with Crippen molar-refractivity contribution in [3.05, 3.63) is 60.0 Å². The van der Waals surface area contributed by atoms with E-state index < -0.39 is 10.0 Å². The van der Waals surface area contributed by atoms with Crippen molar-refractivity contribution in [1.82, 2.24) is 14.4 Å². The molecule has 29 heavy (non-hydrogen) atoms. The number of benzene rings is 2. The number of hydrogen-bond donors (Lipinski definition) is 0. The Hall–Kier alpha value is -2.71. The predicted molar refractivity (Wildman–Crippen MR) is 108 cm³/mol. The zero-order valence-electron chi connectivity index (χ0n) is 16.2. The number of ether oxygens (including phenoxy) is 1. The van der Waals surface area contributed by atoms with Crippen molar-refractivity contribution in [1.29, 1.82) is 0 Å². The van der Waals surface area contributed by atoms with Gasteiger partial charge >= 0.3 is 0 Å². The fraction of sp³-hybridized carbons (Fsp3) is 0.333. The summed E-state index contributed by atoms with van der Waals surface area (Å²) < 4.78 is 37.9. The third kappa shape index (κ3) is 4.49. The molecule has 0 aliphatic carbocycles. The maximum atomic E-state index is 12.7. The predicted octanol–water partition coefficient (Wildman–Crippen LogP) is 3.80. The quantitative estimate of drug-likeness (QED) is 0.611. The van der Waals surface area contributed by atoms with Crippen LogP contribution in [0, 0.1) is 6.92 Å². The van der Waals surface area contributed by atoms with Crippen molar-refractivity contribution in [2.75, 3.05) is 13.1 Å². The van der Waals surface area contributed by atoms with Gasteiger partial charge in [0.1, 0.15) is 5.75 Å². The molecule has 1 aliphatic rings. The molecule has 4 rings (SSSR count). The summed E-state index contributed by atoms with van der Waals surface area (Å²) >= 11 is 0. The third-order valence-corrected chi connectivity index (χ3v) is 6.80. The Morgan fingerprint density at radius 3 is 2.55 bits per heavy atom. The Bertz CT molecular complexity index is 1070. The zero-order valence-corrected chi connectivity index (χ0v) is 17.1. The minimum atomic E-state index is -3.44. The van der Waals surface area contributed by atoms with Crippen LogP contribution in [0.3, 0.4) is 0 Å². The summed E-state index contributed by atoms with van der Waals surface area (Å²) in [5.74, 6) is 1.40. The number of aryl methyl sites for hydroxylation is 1. The van der Waals surface area contributed by atoms with Crippen LogP contribution in [-0.2, 0) is 16.6 Å². The normalized spacial score (nSPS) is 15.3. The van der Waals surface area contributed by atoms with Crippen LogP contribution < -0.4 is 4.74 Å². The lowest BCUT2D eigenvalue weighted by molar-refractivity contribution is 0.243. The second-order valence-corrected chi connectivity index (χ2v) is 9.04. The molecule has 0 atom stereocenters. The lowest BCUT2D eigenvalue weighted by atomic mass is 10.1. The first-order valence-electron chi connectivity index (χ1n) is 9.65. The molecule has 0 amide bonds. The number of sulfonamides is 1. The van der Waals surface area contributed by atoms with E-state index in [1.54, 1.807) is 28.6 Å². The Morgan fingerprint density at radius 2 is 1.83 bits per heavy atom. The van der Waals surface area contributed by atoms with Crippen LogP contribution in [0.5, 0.6) is 5.75 Å². The lowest BCUT2D eigenvalue weighted by Gasteiger charge is -2.25. The topological polar surface area (TPSA) is 85.5 Å². The first-order valence-corrected chi connectivity index (χ1v) is 11.1. The Kier molecular flexibility index (Phi) is 5.64. The summed E-state index contributed by atoms with van der Waals surface area (Å²) in [6.45, 7) is 3.28. The van der Waals surface area contributed by atoms with Crippen molar-refractivity contribution in [2.45, 2.75) is 37.7 Å². The van der Waals surface area contributed by atoms with Crippen LogP contribution in [0.1, 0.15) is 30.7 Å². The summed E-state index contributed by atoms with van der Waals surface area (Å²) in [6.07, 6.45) is 2.91. The number of rotatable bonds is 6. The molecule has 1 fully saturated rings. The van der Waals surface area contributed by atoms with Gasteiger partial charge in [-0.2, -0.15) is 9.29 Å². The van der Waals surface area contributed by atoms with Gasteiger partial charge in [0.15, 0.2) is 6.61 Å². The van der Waals surface area contributed by atoms with Crippen LogP contribution in [-0.4, -0.2) is 36.0 Å². The molecule has 8 heteroatoms. The third-order valence-electron chi connectivity index (χ3n) is 4.88. The molecular weight excluding hydrogens is 390 g/mol. The summed E-state index contributed by atoms with van der Waals surface area (Å²) in [5, 5.41) is 3.99. The van der Waals surface area contributed by atoms with Crippen molar-refractivity contribution in [3.63, 3.8) is 0 Å². The van der Waals surface area contributed by atoms with Crippen LogP contribution in [0.2, 0.25) is 0 Å². The average molecular weight is 413 g/mol. The second kappa shape index (κ2) is 8.34. The van der Waals surface area contributed by atoms with Gasteiger partial charge in [-0.3, -0.25) is 0 Å². The maximum absolute atomic E-state index is 12.7. The Balaban J connectivity index is 1.40. The summed E-state index contributed by atoms with van der Waals surface area (Å²) in [5.41, 5.74) is 2.00. The van der Waals surface area contributed by atoms with Crippen molar-refractivity contribution >= 4 is 10.0 Å². The van der Waals surface area contributed by atoms with Crippen molar-refractivity contribution in [2.24, 2.45) is 0 Å². The maximum Gasteiger partial charge on any atom is 0.264 e. The number of nitrogens with zero attached hydrogens (tertiary/aromatic N) is 3. The van der Waals surface area contributed by atoms with Crippen LogP contribution in [0.25, 0.3) is 11.4 Å². The van der Waals surface area contributed by atoms with E-state index in [-0.39, 0.29) is 11.5 Å². The number of aromatic nitrogens is 2. The monoisotopic (exact) mass is 413 g/mol. The van der Waals surface area contributed by atoms with E-state index in [1.165, 1.54) is 0 Å². The highest BCUT2D eigenvalue weighted by molar-refractivity contribution is 7.89. The first-order chi connectivity index (χ1) is 14.0. The van der Waals surface area contributed by atoms with Crippen LogP contribution in [0.15, 0.2) is 57.9 Å². The van der Waals surface area contributed by atoms with E-state index in [0.29, 0.717) is 30.6 Å². The fourth-order valence-corrected chi connectivity index (χ4v) is 4.84. The van der Waals surface area contributed by atoms with Gasteiger partial charge in [0, 0.05) is 18.7 Å². The van der Waals surface area contributed by atoms with E-state index in [0.717, 1.165) is 30.4 Å². The molecule has 1 aromatic heterocycles. The fourth-order valence-electron chi connectivity index (χ4n) is 3.32. The minimum Gasteiger partial charge on any atom is -0.484 e. The first kappa shape index (κ1) is 19.6. The Morgan fingerprint density at radius 1 is 1.07 bits per heavy atom. The molecule has 2 aromatic carbocycles. The largest absolute Gasteiger partial charge is 0.484 e. The lowest BCUT2D eigenvalue weighted by Crippen LogP contribution is -2.35. The summed E-state index contributed by atoms with van der Waals surface area (Å²) in [6, 6.07) is 14.3. The molecule has 0 radical (unpaired) electrons. The molecule has 1 saturated heterocycles. The molecular formula is C21H23N3O4S. The van der Waals surface area contributed by atoms with E-state index in [4.69, 9.17) is 9.26 Å². The molecule has 0 saturated carbocycles. The van der Waals surface area contributed by atoms with Gasteiger partial charge in [-0.05, 0) is 50.1 Å². The van der Waals surface area contributed by atoms with Crippen molar-refractivity contribution in [3.8, 4) is 17.1 Å². The standard InChI is InChI=1S/C21H23N3O4S/c1-16-6-5-7-17(14-16)21-22-20(28-23-21)15-27-18-8-10-19(11-9-18)29(25,26)24-12-3-2-4-13-24/h5-11,14H,2-4,12-13,15H2,1H3. The SMILES string of the molecule is Cc1cccc(-c2noc(COc3ccc(S(=O)(=O)N4CCCCC4)cc3)n2)c1. The number of hydrogen-bond acceptors (Lipinski definition) is 6. The molecule has 0 unspecified atom stereocenters. The summed E-state index contributed by atoms with van der Waals surface area (Å²) in [7, 11) is -3.44. The summed E-state index contributed by atoms with van der Waals surface area (Å²) in [4.78, 5) is 4.63. The van der Waals surface area contributed by atoms with Gasteiger partial charge in [-0.1, -0.05) is 35.3 Å². The highest BCUT2D eigenvalue weighted by atomic mass is 32.2. The molecule has 0 spiro atoms. The minimum absolute atomic E-state index is 0.108. The van der Waals surface area contributed by atoms with Gasteiger partial charge in [0.25, 0.3) is 5.89 Å². The van der Waals surface area contributed by atoms with Gasteiger partial charge in [0.05, 0.1) is 4.90 Å². The molecule has 3 aromatic rings. The van der Waals surface area contributed by atoms with Gasteiger partial charge < -0.3 is 9.26 Å².